The minimum atomic E-state index is 0.258. The molecule has 0 aromatic heterocycles. The summed E-state index contributed by atoms with van der Waals surface area (Å²) in [4.78, 5) is 5.06. The maximum Gasteiger partial charge on any atom is 0.124 e. The van der Waals surface area contributed by atoms with Gasteiger partial charge < -0.3 is 4.84 Å². The maximum atomic E-state index is 5.06. The Hall–Kier alpha value is -0.530. The summed E-state index contributed by atoms with van der Waals surface area (Å²) in [5.41, 5.74) is 0. The lowest BCUT2D eigenvalue weighted by atomic mass is 10.3. The standard InChI is InChI=1S/C8H17NO/c1-4-6-7-9-10-8(3)5-2/h7-8H,4-6H2,1-3H3/b9-7+. The highest BCUT2D eigenvalue weighted by Crippen LogP contribution is 1.95. The van der Waals surface area contributed by atoms with Crippen LogP contribution in [0.2, 0.25) is 0 Å². The minimum Gasteiger partial charge on any atom is -0.393 e. The number of nitrogens with zero attached hydrogens (tertiary/aromatic N) is 1. The van der Waals surface area contributed by atoms with E-state index in [1.165, 1.54) is 0 Å². The summed E-state index contributed by atoms with van der Waals surface area (Å²) in [5, 5.41) is 3.81. The molecule has 0 aromatic carbocycles. The van der Waals surface area contributed by atoms with Crippen LogP contribution in [0.15, 0.2) is 5.16 Å². The predicted octanol–water partition coefficient (Wildman–Crippen LogP) is 2.59. The zero-order valence-electron chi connectivity index (χ0n) is 7.13. The summed E-state index contributed by atoms with van der Waals surface area (Å²) in [5.74, 6) is 0. The summed E-state index contributed by atoms with van der Waals surface area (Å²) in [6.45, 7) is 6.22. The fraction of sp³-hybridized carbons (Fsp3) is 0.875. The lowest BCUT2D eigenvalue weighted by Crippen LogP contribution is -2.00. The van der Waals surface area contributed by atoms with Crippen molar-refractivity contribution in [2.24, 2.45) is 5.16 Å². The Kier molecular flexibility index (Phi) is 6.24. The van der Waals surface area contributed by atoms with Crippen LogP contribution >= 0.6 is 0 Å². The van der Waals surface area contributed by atoms with Crippen LogP contribution in [-0.4, -0.2) is 12.3 Å². The highest BCUT2D eigenvalue weighted by Gasteiger charge is 1.93. The molecule has 2 nitrogen and oxygen atoms in total. The quantitative estimate of drug-likeness (QED) is 0.428. The smallest absolute Gasteiger partial charge is 0.124 e. The molecule has 0 saturated heterocycles. The van der Waals surface area contributed by atoms with Crippen molar-refractivity contribution in [1.82, 2.24) is 0 Å². The van der Waals surface area contributed by atoms with Crippen LogP contribution in [-0.2, 0) is 4.84 Å². The van der Waals surface area contributed by atoms with Crippen LogP contribution < -0.4 is 0 Å². The number of unbranched alkanes of at least 4 members (excludes halogenated alkanes) is 1. The molecule has 0 aliphatic rings. The third-order valence-corrected chi connectivity index (χ3v) is 1.31. The number of hydrogen-bond donors (Lipinski definition) is 0. The highest BCUT2D eigenvalue weighted by atomic mass is 16.6. The molecular weight excluding hydrogens is 126 g/mol. The van der Waals surface area contributed by atoms with Gasteiger partial charge in [-0.1, -0.05) is 25.4 Å². The van der Waals surface area contributed by atoms with Crippen LogP contribution in [0.3, 0.4) is 0 Å². The second-order valence-corrected chi connectivity index (χ2v) is 2.40. The lowest BCUT2D eigenvalue weighted by Gasteiger charge is -2.03. The molecule has 2 heteroatoms. The van der Waals surface area contributed by atoms with Gasteiger partial charge in [-0.25, -0.2) is 0 Å². The van der Waals surface area contributed by atoms with E-state index in [-0.39, 0.29) is 6.10 Å². The van der Waals surface area contributed by atoms with E-state index in [0.29, 0.717) is 0 Å². The van der Waals surface area contributed by atoms with Crippen molar-refractivity contribution in [3.8, 4) is 0 Å². The maximum absolute atomic E-state index is 5.06. The molecule has 0 fully saturated rings. The first-order valence-corrected chi connectivity index (χ1v) is 3.98. The first-order valence-electron chi connectivity index (χ1n) is 3.98. The summed E-state index contributed by atoms with van der Waals surface area (Å²) in [7, 11) is 0. The van der Waals surface area contributed by atoms with Crippen LogP contribution in [0.4, 0.5) is 0 Å². The Balaban J connectivity index is 3.16. The van der Waals surface area contributed by atoms with Crippen LogP contribution in [0.1, 0.15) is 40.0 Å². The molecule has 0 amide bonds. The normalized spacial score (nSPS) is 13.9. The fourth-order valence-corrected chi connectivity index (χ4v) is 0.403. The molecule has 10 heavy (non-hydrogen) atoms. The van der Waals surface area contributed by atoms with Gasteiger partial charge in [0.15, 0.2) is 0 Å². The summed E-state index contributed by atoms with van der Waals surface area (Å²) >= 11 is 0. The Morgan fingerprint density at radius 2 is 2.20 bits per heavy atom. The zero-order chi connectivity index (χ0) is 7.82. The summed E-state index contributed by atoms with van der Waals surface area (Å²) in [6, 6.07) is 0. The van der Waals surface area contributed by atoms with Gasteiger partial charge in [-0.3, -0.25) is 0 Å². The fourth-order valence-electron chi connectivity index (χ4n) is 0.403. The van der Waals surface area contributed by atoms with Crippen molar-refractivity contribution >= 4 is 6.21 Å². The van der Waals surface area contributed by atoms with E-state index in [1.54, 1.807) is 0 Å². The molecule has 0 bridgehead atoms. The van der Waals surface area contributed by atoms with Gasteiger partial charge in [-0.15, -0.1) is 0 Å². The van der Waals surface area contributed by atoms with E-state index in [9.17, 15) is 0 Å². The van der Waals surface area contributed by atoms with E-state index in [0.717, 1.165) is 19.3 Å². The second kappa shape index (κ2) is 6.59. The van der Waals surface area contributed by atoms with E-state index in [2.05, 4.69) is 19.0 Å². The SMILES string of the molecule is CCC/C=N/OC(C)CC. The first-order chi connectivity index (χ1) is 4.81. The van der Waals surface area contributed by atoms with Crippen molar-refractivity contribution < 1.29 is 4.84 Å². The van der Waals surface area contributed by atoms with E-state index in [1.807, 2.05) is 13.1 Å². The zero-order valence-corrected chi connectivity index (χ0v) is 7.13. The molecule has 1 atom stereocenters. The molecule has 0 radical (unpaired) electrons. The molecule has 0 rings (SSSR count). The Labute approximate surface area is 63.3 Å². The number of hydrogen-bond acceptors (Lipinski definition) is 2. The summed E-state index contributed by atoms with van der Waals surface area (Å²) in [6.07, 6.45) is 5.24. The predicted molar refractivity (Wildman–Crippen MR) is 44.2 cm³/mol. The van der Waals surface area contributed by atoms with Gasteiger partial charge in [0, 0.05) is 6.21 Å². The van der Waals surface area contributed by atoms with E-state index in [4.69, 9.17) is 4.84 Å². The average Bonchev–Trinajstić information content (AvgIpc) is 1.98. The van der Waals surface area contributed by atoms with Crippen molar-refractivity contribution in [2.75, 3.05) is 0 Å². The Morgan fingerprint density at radius 3 is 2.70 bits per heavy atom. The number of oxime groups is 1. The molecule has 60 valence electrons. The molecule has 0 aromatic rings. The van der Waals surface area contributed by atoms with Gasteiger partial charge in [-0.2, -0.15) is 0 Å². The van der Waals surface area contributed by atoms with Crippen LogP contribution in [0, 0.1) is 0 Å². The van der Waals surface area contributed by atoms with Crippen LogP contribution in [0.25, 0.3) is 0 Å². The molecule has 0 saturated carbocycles. The van der Waals surface area contributed by atoms with Gasteiger partial charge in [-0.05, 0) is 19.8 Å². The second-order valence-electron chi connectivity index (χ2n) is 2.40. The Morgan fingerprint density at radius 1 is 1.50 bits per heavy atom. The van der Waals surface area contributed by atoms with Gasteiger partial charge in [0.25, 0.3) is 0 Å². The molecule has 1 unspecified atom stereocenters. The monoisotopic (exact) mass is 143 g/mol. The lowest BCUT2D eigenvalue weighted by molar-refractivity contribution is 0.0707. The molecule has 0 aliphatic heterocycles. The topological polar surface area (TPSA) is 21.6 Å². The van der Waals surface area contributed by atoms with Crippen molar-refractivity contribution in [2.45, 2.75) is 46.1 Å². The third kappa shape index (κ3) is 5.60. The molecule has 0 aliphatic carbocycles. The molecule has 0 heterocycles. The van der Waals surface area contributed by atoms with Crippen LogP contribution in [0.5, 0.6) is 0 Å². The largest absolute Gasteiger partial charge is 0.393 e. The highest BCUT2D eigenvalue weighted by molar-refractivity contribution is 5.55. The van der Waals surface area contributed by atoms with Crippen molar-refractivity contribution in [3.63, 3.8) is 0 Å². The van der Waals surface area contributed by atoms with Gasteiger partial charge in [0.05, 0.1) is 0 Å². The summed E-state index contributed by atoms with van der Waals surface area (Å²) < 4.78 is 0. The van der Waals surface area contributed by atoms with E-state index >= 15 is 0 Å². The Bertz CT molecular complexity index is 91.3. The van der Waals surface area contributed by atoms with Gasteiger partial charge in [0.2, 0.25) is 0 Å². The first kappa shape index (κ1) is 9.47. The van der Waals surface area contributed by atoms with Gasteiger partial charge in [0.1, 0.15) is 6.10 Å². The number of rotatable bonds is 5. The van der Waals surface area contributed by atoms with Crippen molar-refractivity contribution in [3.05, 3.63) is 0 Å². The average molecular weight is 143 g/mol. The minimum absolute atomic E-state index is 0.258. The molecular formula is C8H17NO. The molecule has 0 N–H and O–H groups in total. The van der Waals surface area contributed by atoms with Crippen molar-refractivity contribution in [1.29, 1.82) is 0 Å². The molecule has 0 spiro atoms. The third-order valence-electron chi connectivity index (χ3n) is 1.31. The van der Waals surface area contributed by atoms with Gasteiger partial charge >= 0.3 is 0 Å². The van der Waals surface area contributed by atoms with E-state index < -0.39 is 0 Å².